The Hall–Kier alpha value is -0.220. The van der Waals surface area contributed by atoms with Gasteiger partial charge in [-0.2, -0.15) is 11.8 Å². The minimum atomic E-state index is -0.647. The quantitative estimate of drug-likeness (QED) is 0.786. The van der Waals surface area contributed by atoms with E-state index in [4.69, 9.17) is 5.73 Å². The summed E-state index contributed by atoms with van der Waals surface area (Å²) in [4.78, 5) is 12.1. The van der Waals surface area contributed by atoms with Gasteiger partial charge in [-0.25, -0.2) is 0 Å². The third kappa shape index (κ3) is 2.38. The summed E-state index contributed by atoms with van der Waals surface area (Å²) in [7, 11) is 0. The molecular weight excluding hydrogens is 220 g/mol. The standard InChI is InChI=1S/C12H22N2OS/c1-12(13,8-6-7-8)11(15)14-9-4-3-5-10(9)16-2/h8-10H,3-7,13H2,1-2H3,(H,14,15). The summed E-state index contributed by atoms with van der Waals surface area (Å²) < 4.78 is 0. The topological polar surface area (TPSA) is 55.1 Å². The van der Waals surface area contributed by atoms with Crippen molar-refractivity contribution in [3.8, 4) is 0 Å². The molecule has 3 N–H and O–H groups in total. The first-order valence-corrected chi connectivity index (χ1v) is 7.47. The Morgan fingerprint density at radius 2 is 2.06 bits per heavy atom. The molecule has 0 heterocycles. The molecule has 0 bridgehead atoms. The lowest BCUT2D eigenvalue weighted by molar-refractivity contribution is -0.127. The van der Waals surface area contributed by atoms with Crippen LogP contribution < -0.4 is 11.1 Å². The number of hydrogen-bond donors (Lipinski definition) is 2. The van der Waals surface area contributed by atoms with Crippen molar-refractivity contribution in [2.24, 2.45) is 11.7 Å². The van der Waals surface area contributed by atoms with E-state index in [1.165, 1.54) is 12.8 Å². The predicted octanol–water partition coefficient (Wildman–Crippen LogP) is 1.51. The maximum absolute atomic E-state index is 12.1. The van der Waals surface area contributed by atoms with E-state index in [1.54, 1.807) is 0 Å². The zero-order valence-electron chi connectivity index (χ0n) is 10.2. The van der Waals surface area contributed by atoms with Gasteiger partial charge in [0.05, 0.1) is 5.54 Å². The average molecular weight is 242 g/mol. The Kier molecular flexibility index (Phi) is 3.50. The first-order chi connectivity index (χ1) is 7.55. The highest BCUT2D eigenvalue weighted by Crippen LogP contribution is 2.38. The molecule has 2 aliphatic carbocycles. The van der Waals surface area contributed by atoms with E-state index in [0.29, 0.717) is 17.2 Å². The highest BCUT2D eigenvalue weighted by Gasteiger charge is 2.45. The van der Waals surface area contributed by atoms with Crippen molar-refractivity contribution in [1.82, 2.24) is 5.32 Å². The van der Waals surface area contributed by atoms with Crippen LogP contribution in [0.1, 0.15) is 39.0 Å². The molecule has 3 atom stereocenters. The SMILES string of the molecule is CSC1CCCC1NC(=O)C(C)(N)C1CC1. The van der Waals surface area contributed by atoms with Crippen LogP contribution in [0.3, 0.4) is 0 Å². The van der Waals surface area contributed by atoms with E-state index in [9.17, 15) is 4.79 Å². The lowest BCUT2D eigenvalue weighted by Crippen LogP contribution is -2.56. The van der Waals surface area contributed by atoms with Gasteiger partial charge in [0.1, 0.15) is 0 Å². The van der Waals surface area contributed by atoms with Gasteiger partial charge in [0.25, 0.3) is 0 Å². The number of nitrogens with one attached hydrogen (secondary N) is 1. The van der Waals surface area contributed by atoms with Crippen LogP contribution >= 0.6 is 11.8 Å². The molecule has 2 fully saturated rings. The van der Waals surface area contributed by atoms with Gasteiger partial charge in [0.2, 0.25) is 5.91 Å². The van der Waals surface area contributed by atoms with Crippen molar-refractivity contribution >= 4 is 17.7 Å². The summed E-state index contributed by atoms with van der Waals surface area (Å²) in [5, 5.41) is 3.74. The van der Waals surface area contributed by atoms with Gasteiger partial charge in [0, 0.05) is 11.3 Å². The number of hydrogen-bond acceptors (Lipinski definition) is 3. The summed E-state index contributed by atoms with van der Waals surface area (Å²) in [5.74, 6) is 0.461. The van der Waals surface area contributed by atoms with Gasteiger partial charge in [-0.3, -0.25) is 4.79 Å². The molecule has 2 rings (SSSR count). The first kappa shape index (κ1) is 12.2. The second-order valence-electron chi connectivity index (χ2n) is 5.34. The van der Waals surface area contributed by atoms with E-state index in [1.807, 2.05) is 18.7 Å². The van der Waals surface area contributed by atoms with E-state index in [-0.39, 0.29) is 5.91 Å². The summed E-state index contributed by atoms with van der Waals surface area (Å²) in [5.41, 5.74) is 5.46. The van der Waals surface area contributed by atoms with Gasteiger partial charge in [-0.1, -0.05) is 6.42 Å². The van der Waals surface area contributed by atoms with Crippen LogP contribution in [-0.4, -0.2) is 29.0 Å². The molecule has 2 aliphatic rings. The number of amides is 1. The molecule has 2 saturated carbocycles. The van der Waals surface area contributed by atoms with Gasteiger partial charge >= 0.3 is 0 Å². The Labute approximate surface area is 102 Å². The van der Waals surface area contributed by atoms with Gasteiger partial charge in [0.15, 0.2) is 0 Å². The monoisotopic (exact) mass is 242 g/mol. The highest BCUT2D eigenvalue weighted by atomic mass is 32.2. The Balaban J connectivity index is 1.91. The predicted molar refractivity (Wildman–Crippen MR) is 68.4 cm³/mol. The minimum Gasteiger partial charge on any atom is -0.351 e. The molecule has 0 aliphatic heterocycles. The summed E-state index contributed by atoms with van der Waals surface area (Å²) in [6.07, 6.45) is 7.89. The second kappa shape index (κ2) is 4.57. The molecule has 0 aromatic heterocycles. The maximum atomic E-state index is 12.1. The smallest absolute Gasteiger partial charge is 0.240 e. The lowest BCUT2D eigenvalue weighted by atomic mass is 9.95. The molecule has 3 unspecified atom stereocenters. The largest absolute Gasteiger partial charge is 0.351 e. The number of carbonyl (C=O) groups is 1. The molecule has 4 heteroatoms. The van der Waals surface area contributed by atoms with Crippen LogP contribution in [-0.2, 0) is 4.79 Å². The van der Waals surface area contributed by atoms with Gasteiger partial charge < -0.3 is 11.1 Å². The average Bonchev–Trinajstić information content (AvgIpc) is 3.01. The van der Waals surface area contributed by atoms with E-state index in [2.05, 4.69) is 11.6 Å². The molecular formula is C12H22N2OS. The number of carbonyl (C=O) groups excluding carboxylic acids is 1. The molecule has 0 aromatic carbocycles. The fraction of sp³-hybridized carbons (Fsp3) is 0.917. The van der Waals surface area contributed by atoms with Crippen molar-refractivity contribution in [1.29, 1.82) is 0 Å². The van der Waals surface area contributed by atoms with E-state index in [0.717, 1.165) is 19.3 Å². The fourth-order valence-electron chi connectivity index (χ4n) is 2.57. The lowest BCUT2D eigenvalue weighted by Gasteiger charge is -2.27. The molecule has 0 spiro atoms. The summed E-state index contributed by atoms with van der Waals surface area (Å²) in [6.45, 7) is 1.88. The van der Waals surface area contributed by atoms with Crippen molar-refractivity contribution in [3.63, 3.8) is 0 Å². The number of nitrogens with two attached hydrogens (primary N) is 1. The van der Waals surface area contributed by atoms with Gasteiger partial charge in [-0.05, 0) is 44.8 Å². The normalized spacial score (nSPS) is 33.4. The molecule has 0 saturated heterocycles. The highest BCUT2D eigenvalue weighted by molar-refractivity contribution is 7.99. The van der Waals surface area contributed by atoms with Crippen LogP contribution in [0.5, 0.6) is 0 Å². The number of rotatable bonds is 4. The molecule has 0 radical (unpaired) electrons. The Morgan fingerprint density at radius 3 is 2.62 bits per heavy atom. The zero-order valence-corrected chi connectivity index (χ0v) is 11.0. The summed E-state index contributed by atoms with van der Waals surface area (Å²) >= 11 is 1.86. The minimum absolute atomic E-state index is 0.0564. The molecule has 0 aromatic rings. The third-order valence-corrected chi connectivity index (χ3v) is 5.16. The van der Waals surface area contributed by atoms with Crippen molar-refractivity contribution in [3.05, 3.63) is 0 Å². The first-order valence-electron chi connectivity index (χ1n) is 6.18. The third-order valence-electron chi connectivity index (χ3n) is 3.99. The van der Waals surface area contributed by atoms with Gasteiger partial charge in [-0.15, -0.1) is 0 Å². The van der Waals surface area contributed by atoms with E-state index < -0.39 is 5.54 Å². The summed E-state index contributed by atoms with van der Waals surface area (Å²) in [6, 6.07) is 0.337. The molecule has 16 heavy (non-hydrogen) atoms. The molecule has 1 amide bonds. The zero-order chi connectivity index (χ0) is 11.8. The maximum Gasteiger partial charge on any atom is 0.240 e. The van der Waals surface area contributed by atoms with Crippen molar-refractivity contribution < 1.29 is 4.79 Å². The second-order valence-corrected chi connectivity index (χ2v) is 6.42. The van der Waals surface area contributed by atoms with Crippen LogP contribution in [0.2, 0.25) is 0 Å². The van der Waals surface area contributed by atoms with Crippen LogP contribution in [0.4, 0.5) is 0 Å². The van der Waals surface area contributed by atoms with Crippen molar-refractivity contribution in [2.45, 2.75) is 55.9 Å². The van der Waals surface area contributed by atoms with Crippen LogP contribution in [0, 0.1) is 5.92 Å². The van der Waals surface area contributed by atoms with Crippen LogP contribution in [0.15, 0.2) is 0 Å². The molecule has 92 valence electrons. The number of thioether (sulfide) groups is 1. The van der Waals surface area contributed by atoms with Crippen LogP contribution in [0.25, 0.3) is 0 Å². The Morgan fingerprint density at radius 1 is 1.38 bits per heavy atom. The molecule has 3 nitrogen and oxygen atoms in total. The van der Waals surface area contributed by atoms with Crippen molar-refractivity contribution in [2.75, 3.05) is 6.26 Å². The fourth-order valence-corrected chi connectivity index (χ4v) is 3.50. The van der Waals surface area contributed by atoms with E-state index >= 15 is 0 Å². The Bertz CT molecular complexity index is 276.